The van der Waals surface area contributed by atoms with Crippen molar-refractivity contribution < 1.29 is 9.13 Å². The minimum absolute atomic E-state index is 0.0313. The van der Waals surface area contributed by atoms with Crippen molar-refractivity contribution in [3.63, 3.8) is 0 Å². The van der Waals surface area contributed by atoms with Crippen molar-refractivity contribution in [2.45, 2.75) is 81.5 Å². The lowest BCUT2D eigenvalue weighted by atomic mass is 9.69. The number of rotatable bonds is 1. The second kappa shape index (κ2) is 4.75. The van der Waals surface area contributed by atoms with E-state index >= 15 is 4.39 Å². The topological polar surface area (TPSA) is 35.2 Å². The first-order valence-electron chi connectivity index (χ1n) is 7.70. The van der Waals surface area contributed by atoms with Gasteiger partial charge in [-0.25, -0.2) is 4.39 Å². The molecule has 0 radical (unpaired) electrons. The van der Waals surface area contributed by atoms with E-state index in [2.05, 4.69) is 0 Å². The van der Waals surface area contributed by atoms with Gasteiger partial charge in [-0.15, -0.1) is 0 Å². The van der Waals surface area contributed by atoms with Crippen LogP contribution >= 0.6 is 0 Å². The van der Waals surface area contributed by atoms with Crippen LogP contribution < -0.4 is 5.73 Å². The van der Waals surface area contributed by atoms with E-state index in [1.165, 1.54) is 12.8 Å². The van der Waals surface area contributed by atoms with Crippen LogP contribution in [-0.4, -0.2) is 23.9 Å². The van der Waals surface area contributed by atoms with E-state index in [1.807, 2.05) is 0 Å². The molecule has 2 nitrogen and oxygen atoms in total. The Bertz CT molecular complexity index is 303. The number of alkyl halides is 1. The fourth-order valence-electron chi connectivity index (χ4n) is 4.51. The molecule has 3 fully saturated rings. The maximum Gasteiger partial charge on any atom is 0.115 e. The summed E-state index contributed by atoms with van der Waals surface area (Å²) in [5.74, 6) is 0.190. The van der Waals surface area contributed by atoms with Crippen molar-refractivity contribution in [3.05, 3.63) is 0 Å². The van der Waals surface area contributed by atoms with E-state index in [4.69, 9.17) is 10.5 Å². The van der Waals surface area contributed by atoms with Crippen molar-refractivity contribution in [2.75, 3.05) is 6.61 Å². The van der Waals surface area contributed by atoms with Gasteiger partial charge in [0, 0.05) is 12.6 Å². The van der Waals surface area contributed by atoms with E-state index in [-0.39, 0.29) is 17.6 Å². The number of halogens is 1. The average Bonchev–Trinajstić information content (AvgIpc) is 2.77. The van der Waals surface area contributed by atoms with E-state index in [1.54, 1.807) is 0 Å². The number of hydrogen-bond donors (Lipinski definition) is 1. The van der Waals surface area contributed by atoms with Crippen LogP contribution in [0, 0.1) is 5.92 Å². The molecule has 1 aliphatic heterocycles. The third kappa shape index (κ3) is 2.32. The zero-order valence-electron chi connectivity index (χ0n) is 11.3. The maximum absolute atomic E-state index is 15.2. The predicted molar refractivity (Wildman–Crippen MR) is 70.2 cm³/mol. The van der Waals surface area contributed by atoms with Crippen molar-refractivity contribution in [3.8, 4) is 0 Å². The molecule has 18 heavy (non-hydrogen) atoms. The fraction of sp³-hybridized carbons (Fsp3) is 1.00. The molecule has 2 saturated carbocycles. The molecule has 0 bridgehead atoms. The van der Waals surface area contributed by atoms with Gasteiger partial charge in [0.25, 0.3) is 0 Å². The summed E-state index contributed by atoms with van der Waals surface area (Å²) in [6.07, 6.45) is 9.90. The fourth-order valence-corrected chi connectivity index (χ4v) is 4.51. The second-order valence-corrected chi connectivity index (χ2v) is 6.82. The van der Waals surface area contributed by atoms with Gasteiger partial charge in [0.2, 0.25) is 0 Å². The van der Waals surface area contributed by atoms with Gasteiger partial charge in [-0.05, 0) is 57.3 Å². The van der Waals surface area contributed by atoms with Crippen LogP contribution in [0.1, 0.15) is 64.2 Å². The highest BCUT2D eigenvalue weighted by atomic mass is 19.1. The van der Waals surface area contributed by atoms with Crippen LogP contribution in [0.25, 0.3) is 0 Å². The molecule has 2 N–H and O–H groups in total. The monoisotopic (exact) mass is 255 g/mol. The Morgan fingerprint density at radius 2 is 1.78 bits per heavy atom. The molecule has 3 aliphatic rings. The van der Waals surface area contributed by atoms with Gasteiger partial charge in [0.05, 0.1) is 5.60 Å². The molecular formula is C15H26FNO. The average molecular weight is 255 g/mol. The van der Waals surface area contributed by atoms with Crippen LogP contribution in [0.15, 0.2) is 0 Å². The maximum atomic E-state index is 15.2. The van der Waals surface area contributed by atoms with Crippen molar-refractivity contribution >= 4 is 0 Å². The Balaban J connectivity index is 1.71. The predicted octanol–water partition coefficient (Wildman–Crippen LogP) is 3.34. The molecule has 3 heteroatoms. The summed E-state index contributed by atoms with van der Waals surface area (Å²) in [7, 11) is 0. The normalized spacial score (nSPS) is 44.3. The third-order valence-electron chi connectivity index (χ3n) is 5.51. The van der Waals surface area contributed by atoms with Gasteiger partial charge in [0.1, 0.15) is 5.67 Å². The number of nitrogens with two attached hydrogens (primary N) is 1. The van der Waals surface area contributed by atoms with Gasteiger partial charge in [-0.2, -0.15) is 0 Å². The Morgan fingerprint density at radius 1 is 1.00 bits per heavy atom. The van der Waals surface area contributed by atoms with Crippen LogP contribution in [0.4, 0.5) is 4.39 Å². The Labute approximate surface area is 109 Å². The van der Waals surface area contributed by atoms with Gasteiger partial charge in [-0.3, -0.25) is 0 Å². The van der Waals surface area contributed by atoms with Crippen molar-refractivity contribution in [2.24, 2.45) is 11.7 Å². The summed E-state index contributed by atoms with van der Waals surface area (Å²) in [5.41, 5.74) is 5.02. The highest BCUT2D eigenvalue weighted by Gasteiger charge is 2.49. The summed E-state index contributed by atoms with van der Waals surface area (Å²) in [6, 6.07) is 0.0751. The minimum Gasteiger partial charge on any atom is -0.375 e. The van der Waals surface area contributed by atoms with Crippen LogP contribution in [0.3, 0.4) is 0 Å². The lowest BCUT2D eigenvalue weighted by Crippen LogP contribution is -2.49. The van der Waals surface area contributed by atoms with Gasteiger partial charge in [0.15, 0.2) is 0 Å². The second-order valence-electron chi connectivity index (χ2n) is 6.82. The standard InChI is InChI=1S/C15H26FNO/c16-15(8-3-4-13(17)11-15)12-5-9-18-14(10-12)6-1-2-7-14/h12-13H,1-11,17H2. The largest absolute Gasteiger partial charge is 0.375 e. The van der Waals surface area contributed by atoms with Crippen LogP contribution in [-0.2, 0) is 4.74 Å². The molecule has 1 spiro atoms. The highest BCUT2D eigenvalue weighted by Crippen LogP contribution is 2.49. The smallest absolute Gasteiger partial charge is 0.115 e. The van der Waals surface area contributed by atoms with Crippen molar-refractivity contribution in [1.29, 1.82) is 0 Å². The quantitative estimate of drug-likeness (QED) is 0.780. The van der Waals surface area contributed by atoms with Crippen LogP contribution in [0.5, 0.6) is 0 Å². The molecular weight excluding hydrogens is 229 g/mol. The summed E-state index contributed by atoms with van der Waals surface area (Å²) in [5, 5.41) is 0. The van der Waals surface area contributed by atoms with Gasteiger partial charge < -0.3 is 10.5 Å². The Morgan fingerprint density at radius 3 is 2.50 bits per heavy atom. The lowest BCUT2D eigenvalue weighted by Gasteiger charge is -2.46. The molecule has 3 atom stereocenters. The lowest BCUT2D eigenvalue weighted by molar-refractivity contribution is -0.128. The van der Waals surface area contributed by atoms with E-state index in [0.717, 1.165) is 51.6 Å². The first kappa shape index (κ1) is 12.9. The first-order chi connectivity index (χ1) is 8.62. The summed E-state index contributed by atoms with van der Waals surface area (Å²) < 4.78 is 21.2. The van der Waals surface area contributed by atoms with Crippen LogP contribution in [0.2, 0.25) is 0 Å². The molecule has 0 aromatic heterocycles. The Kier molecular flexibility index (Phi) is 3.39. The molecule has 104 valence electrons. The molecule has 1 saturated heterocycles. The summed E-state index contributed by atoms with van der Waals surface area (Å²) in [6.45, 7) is 0.756. The van der Waals surface area contributed by atoms with E-state index in [9.17, 15) is 0 Å². The van der Waals surface area contributed by atoms with Crippen molar-refractivity contribution in [1.82, 2.24) is 0 Å². The highest BCUT2D eigenvalue weighted by molar-refractivity contribution is 5.00. The summed E-state index contributed by atoms with van der Waals surface area (Å²) in [4.78, 5) is 0. The first-order valence-corrected chi connectivity index (χ1v) is 7.70. The molecule has 2 aliphatic carbocycles. The number of hydrogen-bond acceptors (Lipinski definition) is 2. The molecule has 0 aromatic carbocycles. The molecule has 1 heterocycles. The molecule has 3 unspecified atom stereocenters. The zero-order chi connectivity index (χ0) is 12.6. The number of ether oxygens (including phenoxy) is 1. The Hall–Kier alpha value is -0.150. The van der Waals surface area contributed by atoms with E-state index in [0.29, 0.717) is 6.42 Å². The molecule has 3 rings (SSSR count). The minimum atomic E-state index is -1.00. The SMILES string of the molecule is NC1CCCC(F)(C2CCOC3(CCCC3)C2)C1. The molecule has 0 aromatic rings. The zero-order valence-corrected chi connectivity index (χ0v) is 11.3. The molecule has 0 amide bonds. The third-order valence-corrected chi connectivity index (χ3v) is 5.51. The van der Waals surface area contributed by atoms with Gasteiger partial charge >= 0.3 is 0 Å². The summed E-state index contributed by atoms with van der Waals surface area (Å²) >= 11 is 0. The van der Waals surface area contributed by atoms with E-state index < -0.39 is 5.67 Å². The van der Waals surface area contributed by atoms with Gasteiger partial charge in [-0.1, -0.05) is 12.8 Å².